The SMILES string of the molecule is CN(C)C(=O)c1cc(F)c(N)c(O[C@H]2CCOc3cc(F)cc(F)c32)c1. The summed E-state index contributed by atoms with van der Waals surface area (Å²) < 4.78 is 52.7. The molecule has 1 aliphatic rings. The van der Waals surface area contributed by atoms with E-state index >= 15 is 0 Å². The van der Waals surface area contributed by atoms with Crippen LogP contribution in [0.25, 0.3) is 0 Å². The van der Waals surface area contributed by atoms with Crippen LogP contribution in [0.2, 0.25) is 0 Å². The summed E-state index contributed by atoms with van der Waals surface area (Å²) in [5.41, 5.74) is 5.50. The molecule has 2 aromatic carbocycles. The van der Waals surface area contributed by atoms with E-state index in [0.29, 0.717) is 0 Å². The van der Waals surface area contributed by atoms with Gasteiger partial charge in [-0.3, -0.25) is 4.79 Å². The van der Waals surface area contributed by atoms with E-state index in [-0.39, 0.29) is 41.3 Å². The fourth-order valence-electron chi connectivity index (χ4n) is 2.76. The Kier molecular flexibility index (Phi) is 4.67. The summed E-state index contributed by atoms with van der Waals surface area (Å²) in [4.78, 5) is 13.4. The minimum Gasteiger partial charge on any atom is -0.493 e. The van der Waals surface area contributed by atoms with Crippen molar-refractivity contribution in [2.24, 2.45) is 0 Å². The third-order valence-electron chi connectivity index (χ3n) is 4.03. The maximum absolute atomic E-state index is 14.2. The van der Waals surface area contributed by atoms with E-state index in [2.05, 4.69) is 0 Å². The molecule has 26 heavy (non-hydrogen) atoms. The minimum atomic E-state index is -0.856. The Morgan fingerprint density at radius 1 is 1.19 bits per heavy atom. The molecule has 2 N–H and O–H groups in total. The Morgan fingerprint density at radius 2 is 1.92 bits per heavy atom. The number of rotatable bonds is 3. The Hall–Kier alpha value is -2.90. The molecule has 0 aromatic heterocycles. The summed E-state index contributed by atoms with van der Waals surface area (Å²) in [5.74, 6) is -2.92. The van der Waals surface area contributed by atoms with Crippen molar-refractivity contribution in [3.05, 3.63) is 52.8 Å². The summed E-state index contributed by atoms with van der Waals surface area (Å²) >= 11 is 0. The first-order valence-corrected chi connectivity index (χ1v) is 7.87. The van der Waals surface area contributed by atoms with Crippen molar-refractivity contribution in [1.82, 2.24) is 4.90 Å². The third-order valence-corrected chi connectivity index (χ3v) is 4.03. The molecular weight excluding hydrogens is 349 g/mol. The largest absolute Gasteiger partial charge is 0.493 e. The lowest BCUT2D eigenvalue weighted by atomic mass is 10.0. The number of carbonyl (C=O) groups excluding carboxylic acids is 1. The van der Waals surface area contributed by atoms with Gasteiger partial charge in [0.15, 0.2) is 5.82 Å². The van der Waals surface area contributed by atoms with Gasteiger partial charge in [0.2, 0.25) is 0 Å². The number of amides is 1. The first-order valence-electron chi connectivity index (χ1n) is 7.87. The van der Waals surface area contributed by atoms with Gasteiger partial charge in [-0.25, -0.2) is 13.2 Å². The van der Waals surface area contributed by atoms with E-state index in [9.17, 15) is 18.0 Å². The van der Waals surface area contributed by atoms with Gasteiger partial charge in [0, 0.05) is 38.2 Å². The second-order valence-electron chi connectivity index (χ2n) is 6.11. The van der Waals surface area contributed by atoms with Crippen LogP contribution in [0.4, 0.5) is 18.9 Å². The predicted octanol–water partition coefficient (Wildman–Crippen LogP) is 3.29. The molecule has 138 valence electrons. The van der Waals surface area contributed by atoms with Crippen molar-refractivity contribution in [1.29, 1.82) is 0 Å². The number of benzene rings is 2. The highest BCUT2D eigenvalue weighted by atomic mass is 19.1. The van der Waals surface area contributed by atoms with E-state index in [0.717, 1.165) is 18.2 Å². The molecule has 0 saturated carbocycles. The second-order valence-corrected chi connectivity index (χ2v) is 6.11. The van der Waals surface area contributed by atoms with Gasteiger partial charge >= 0.3 is 0 Å². The van der Waals surface area contributed by atoms with Crippen LogP contribution < -0.4 is 15.2 Å². The van der Waals surface area contributed by atoms with Gasteiger partial charge in [0.1, 0.15) is 34.9 Å². The maximum atomic E-state index is 14.2. The van der Waals surface area contributed by atoms with Crippen molar-refractivity contribution >= 4 is 11.6 Å². The van der Waals surface area contributed by atoms with E-state index in [1.54, 1.807) is 0 Å². The molecule has 1 aliphatic heterocycles. The minimum absolute atomic E-state index is 0.0262. The third kappa shape index (κ3) is 3.26. The quantitative estimate of drug-likeness (QED) is 0.847. The Labute approximate surface area is 148 Å². The molecule has 0 aliphatic carbocycles. The molecule has 0 fully saturated rings. The first-order chi connectivity index (χ1) is 12.3. The van der Waals surface area contributed by atoms with E-state index in [1.807, 2.05) is 0 Å². The molecule has 0 bridgehead atoms. The maximum Gasteiger partial charge on any atom is 0.253 e. The van der Waals surface area contributed by atoms with E-state index in [4.69, 9.17) is 15.2 Å². The van der Waals surface area contributed by atoms with Crippen molar-refractivity contribution in [3.8, 4) is 11.5 Å². The van der Waals surface area contributed by atoms with Crippen LogP contribution >= 0.6 is 0 Å². The highest BCUT2D eigenvalue weighted by Gasteiger charge is 2.29. The number of halogens is 3. The molecule has 0 spiro atoms. The van der Waals surface area contributed by atoms with Crippen LogP contribution in [0.1, 0.15) is 28.4 Å². The zero-order valence-electron chi connectivity index (χ0n) is 14.2. The second kappa shape index (κ2) is 6.78. The number of hydrogen-bond acceptors (Lipinski definition) is 4. The van der Waals surface area contributed by atoms with Crippen molar-refractivity contribution in [3.63, 3.8) is 0 Å². The van der Waals surface area contributed by atoms with Gasteiger partial charge < -0.3 is 20.1 Å². The molecule has 1 amide bonds. The number of ether oxygens (including phenoxy) is 2. The van der Waals surface area contributed by atoms with E-state index < -0.39 is 29.5 Å². The average molecular weight is 366 g/mol. The lowest BCUT2D eigenvalue weighted by molar-refractivity contribution is 0.0825. The van der Waals surface area contributed by atoms with Gasteiger partial charge in [-0.15, -0.1) is 0 Å². The number of carbonyl (C=O) groups is 1. The van der Waals surface area contributed by atoms with Crippen molar-refractivity contribution in [2.45, 2.75) is 12.5 Å². The summed E-state index contributed by atoms with van der Waals surface area (Å²) in [6.45, 7) is 0.166. The Balaban J connectivity index is 1.99. The average Bonchev–Trinajstić information content (AvgIpc) is 2.57. The van der Waals surface area contributed by atoms with Crippen molar-refractivity contribution < 1.29 is 27.4 Å². The highest BCUT2D eigenvalue weighted by molar-refractivity contribution is 5.95. The van der Waals surface area contributed by atoms with Gasteiger partial charge in [-0.1, -0.05) is 0 Å². The van der Waals surface area contributed by atoms with Crippen LogP contribution in [-0.2, 0) is 0 Å². The summed E-state index contributed by atoms with van der Waals surface area (Å²) in [6.07, 6.45) is -0.603. The molecule has 1 heterocycles. The fourth-order valence-corrected chi connectivity index (χ4v) is 2.76. The van der Waals surface area contributed by atoms with Crippen LogP contribution in [0.5, 0.6) is 11.5 Å². The van der Waals surface area contributed by atoms with Crippen molar-refractivity contribution in [2.75, 3.05) is 26.4 Å². The van der Waals surface area contributed by atoms with Gasteiger partial charge in [0.25, 0.3) is 5.91 Å². The Bertz CT molecular complexity index is 871. The number of nitrogen functional groups attached to an aromatic ring is 1. The molecule has 5 nitrogen and oxygen atoms in total. The van der Waals surface area contributed by atoms with Crippen LogP contribution in [0.3, 0.4) is 0 Å². The monoisotopic (exact) mass is 366 g/mol. The van der Waals surface area contributed by atoms with Gasteiger partial charge in [-0.05, 0) is 12.1 Å². The number of fused-ring (bicyclic) bond motifs is 1. The predicted molar refractivity (Wildman–Crippen MR) is 88.7 cm³/mol. The van der Waals surface area contributed by atoms with Gasteiger partial charge in [-0.2, -0.15) is 0 Å². The molecule has 0 unspecified atom stereocenters. The number of nitrogens with zero attached hydrogens (tertiary/aromatic N) is 1. The van der Waals surface area contributed by atoms with Crippen LogP contribution in [0.15, 0.2) is 24.3 Å². The smallest absolute Gasteiger partial charge is 0.253 e. The summed E-state index contributed by atoms with van der Waals surface area (Å²) in [7, 11) is 3.05. The van der Waals surface area contributed by atoms with Crippen LogP contribution in [-0.4, -0.2) is 31.5 Å². The van der Waals surface area contributed by atoms with Crippen LogP contribution in [0, 0.1) is 17.5 Å². The summed E-state index contributed by atoms with van der Waals surface area (Å²) in [5, 5.41) is 0. The molecule has 8 heteroatoms. The zero-order chi connectivity index (χ0) is 19.0. The standard InChI is InChI=1S/C18H17F3N2O3/c1-23(2)18(24)9-5-12(21)17(22)15(6-9)26-13-3-4-25-14-8-10(19)7-11(20)16(13)14/h5-8,13H,3-4,22H2,1-2H3/t13-/m0/s1. The topological polar surface area (TPSA) is 64.8 Å². The molecule has 0 radical (unpaired) electrons. The number of nitrogens with two attached hydrogens (primary N) is 1. The van der Waals surface area contributed by atoms with Gasteiger partial charge in [0.05, 0.1) is 12.2 Å². The normalized spacial score (nSPS) is 15.8. The fraction of sp³-hybridized carbons (Fsp3) is 0.278. The molecule has 0 saturated heterocycles. The number of hydrogen-bond donors (Lipinski definition) is 1. The zero-order valence-corrected chi connectivity index (χ0v) is 14.2. The highest BCUT2D eigenvalue weighted by Crippen LogP contribution is 2.39. The Morgan fingerprint density at radius 3 is 2.62 bits per heavy atom. The lowest BCUT2D eigenvalue weighted by Crippen LogP contribution is -2.23. The number of anilines is 1. The lowest BCUT2D eigenvalue weighted by Gasteiger charge is -2.27. The molecule has 3 rings (SSSR count). The summed E-state index contributed by atoms with van der Waals surface area (Å²) in [6, 6.07) is 4.10. The van der Waals surface area contributed by atoms with E-state index in [1.165, 1.54) is 25.1 Å². The first kappa shape index (κ1) is 17.9. The molecule has 1 atom stereocenters. The molecular formula is C18H17F3N2O3. The molecule has 2 aromatic rings.